The maximum atomic E-state index is 7.15. The Morgan fingerprint density at radius 2 is 1.37 bits per heavy atom. The standard InChI is InChI=1S/C31H58O2Si2/c1-28(2,3)34(9,10)32-23-17-19-30(7)22(21-23)13-14-24-25-15-16-27(31(25,8)20-18-26(24)30)33-35(11,12)29(4,5)6/h13,23-27H,14-21H2,1-12H3. The van der Waals surface area contributed by atoms with Crippen LogP contribution in [0.5, 0.6) is 0 Å². The van der Waals surface area contributed by atoms with E-state index in [0.29, 0.717) is 33.1 Å². The molecule has 35 heavy (non-hydrogen) atoms. The molecule has 0 aromatic heterocycles. The zero-order valence-corrected chi connectivity index (χ0v) is 27.4. The fraction of sp³-hybridized carbons (Fsp3) is 0.935. The summed E-state index contributed by atoms with van der Waals surface area (Å²) in [4.78, 5) is 0. The maximum absolute atomic E-state index is 7.15. The van der Waals surface area contributed by atoms with Crippen molar-refractivity contribution in [3.63, 3.8) is 0 Å². The van der Waals surface area contributed by atoms with Gasteiger partial charge in [0.25, 0.3) is 0 Å². The molecule has 3 fully saturated rings. The van der Waals surface area contributed by atoms with E-state index in [1.54, 1.807) is 5.57 Å². The molecule has 0 aromatic rings. The highest BCUT2D eigenvalue weighted by Crippen LogP contribution is 2.66. The zero-order chi connectivity index (χ0) is 26.2. The second kappa shape index (κ2) is 8.81. The van der Waals surface area contributed by atoms with E-state index < -0.39 is 16.6 Å². The molecule has 0 amide bonds. The molecule has 0 heterocycles. The van der Waals surface area contributed by atoms with Gasteiger partial charge in [-0.2, -0.15) is 0 Å². The first-order valence-corrected chi connectivity index (χ1v) is 20.7. The third kappa shape index (κ3) is 4.74. The molecule has 0 radical (unpaired) electrons. The number of allylic oxidation sites excluding steroid dienone is 1. The van der Waals surface area contributed by atoms with Gasteiger partial charge in [0.2, 0.25) is 0 Å². The summed E-state index contributed by atoms with van der Waals surface area (Å²) in [5, 5.41) is 0.582. The van der Waals surface area contributed by atoms with Crippen molar-refractivity contribution in [2.45, 2.75) is 155 Å². The molecule has 0 saturated heterocycles. The van der Waals surface area contributed by atoms with E-state index in [4.69, 9.17) is 8.85 Å². The average Bonchev–Trinajstić information content (AvgIpc) is 3.02. The molecule has 0 spiro atoms. The Hall–Kier alpha value is 0.0938. The van der Waals surface area contributed by atoms with Crippen molar-refractivity contribution >= 4 is 16.6 Å². The van der Waals surface area contributed by atoms with Crippen LogP contribution in [0, 0.1) is 28.6 Å². The molecule has 0 bridgehead atoms. The minimum Gasteiger partial charge on any atom is -0.414 e. The van der Waals surface area contributed by atoms with Gasteiger partial charge < -0.3 is 8.85 Å². The monoisotopic (exact) mass is 518 g/mol. The summed E-state index contributed by atoms with van der Waals surface area (Å²) in [5.41, 5.74) is 2.53. The van der Waals surface area contributed by atoms with Crippen molar-refractivity contribution in [2.24, 2.45) is 28.6 Å². The molecule has 4 heteroatoms. The Morgan fingerprint density at radius 1 is 0.771 bits per heavy atom. The lowest BCUT2D eigenvalue weighted by Gasteiger charge is -2.58. The van der Waals surface area contributed by atoms with Crippen LogP contribution in [0.4, 0.5) is 0 Å². The topological polar surface area (TPSA) is 18.5 Å². The lowest BCUT2D eigenvalue weighted by atomic mass is 9.48. The van der Waals surface area contributed by atoms with E-state index in [1.165, 1.54) is 51.4 Å². The van der Waals surface area contributed by atoms with Crippen molar-refractivity contribution < 1.29 is 8.85 Å². The average molecular weight is 519 g/mol. The van der Waals surface area contributed by atoms with E-state index >= 15 is 0 Å². The van der Waals surface area contributed by atoms with Gasteiger partial charge in [-0.25, -0.2) is 0 Å². The first-order valence-electron chi connectivity index (χ1n) is 14.9. The van der Waals surface area contributed by atoms with E-state index in [0.717, 1.165) is 17.8 Å². The smallest absolute Gasteiger partial charge is 0.192 e. The molecule has 202 valence electrons. The molecule has 4 aliphatic rings. The van der Waals surface area contributed by atoms with Gasteiger partial charge in [-0.15, -0.1) is 0 Å². The normalized spacial score (nSPS) is 40.6. The second-order valence-corrected chi connectivity index (χ2v) is 26.0. The van der Waals surface area contributed by atoms with Crippen molar-refractivity contribution in [2.75, 3.05) is 0 Å². The molecule has 4 aliphatic carbocycles. The van der Waals surface area contributed by atoms with Crippen molar-refractivity contribution in [3.8, 4) is 0 Å². The van der Waals surface area contributed by atoms with Crippen LogP contribution in [0.3, 0.4) is 0 Å². The Bertz CT molecular complexity index is 832. The molecular formula is C31H58O2Si2. The Balaban J connectivity index is 1.50. The predicted octanol–water partition coefficient (Wildman–Crippen LogP) is 9.73. The van der Waals surface area contributed by atoms with Crippen molar-refractivity contribution in [1.82, 2.24) is 0 Å². The summed E-state index contributed by atoms with van der Waals surface area (Å²) in [6, 6.07) is 0. The first kappa shape index (κ1) is 28.1. The highest BCUT2D eigenvalue weighted by molar-refractivity contribution is 6.74. The molecule has 2 nitrogen and oxygen atoms in total. The van der Waals surface area contributed by atoms with E-state index in [-0.39, 0.29) is 0 Å². The Labute approximate surface area is 220 Å². The summed E-state index contributed by atoms with van der Waals surface area (Å²) in [6.45, 7) is 29.3. The zero-order valence-electron chi connectivity index (χ0n) is 25.4. The fourth-order valence-electron chi connectivity index (χ4n) is 8.00. The summed E-state index contributed by atoms with van der Waals surface area (Å²) in [6.07, 6.45) is 14.1. The van der Waals surface area contributed by atoms with Crippen LogP contribution < -0.4 is 0 Å². The molecular weight excluding hydrogens is 461 g/mol. The molecule has 0 aromatic carbocycles. The lowest BCUT2D eigenvalue weighted by molar-refractivity contribution is -0.0672. The predicted molar refractivity (Wildman–Crippen MR) is 156 cm³/mol. The van der Waals surface area contributed by atoms with Crippen LogP contribution in [-0.4, -0.2) is 28.8 Å². The summed E-state index contributed by atoms with van der Waals surface area (Å²) in [7, 11) is -3.46. The summed E-state index contributed by atoms with van der Waals surface area (Å²) >= 11 is 0. The minimum atomic E-state index is -1.74. The molecule has 0 N–H and O–H groups in total. The van der Waals surface area contributed by atoms with E-state index in [1.807, 2.05) is 0 Å². The van der Waals surface area contributed by atoms with Gasteiger partial charge in [-0.3, -0.25) is 0 Å². The van der Waals surface area contributed by atoms with Crippen LogP contribution in [0.25, 0.3) is 0 Å². The van der Waals surface area contributed by atoms with Gasteiger partial charge in [0, 0.05) is 6.10 Å². The first-order chi connectivity index (χ1) is 15.8. The van der Waals surface area contributed by atoms with Gasteiger partial charge in [0.1, 0.15) is 0 Å². The van der Waals surface area contributed by atoms with Crippen molar-refractivity contribution in [1.29, 1.82) is 0 Å². The molecule has 0 aliphatic heterocycles. The third-order valence-corrected chi connectivity index (χ3v) is 21.5. The van der Waals surface area contributed by atoms with Gasteiger partial charge >= 0.3 is 0 Å². The van der Waals surface area contributed by atoms with Crippen LogP contribution in [-0.2, 0) is 8.85 Å². The number of rotatable bonds is 4. The highest BCUT2D eigenvalue weighted by atomic mass is 28.4. The quantitative estimate of drug-likeness (QED) is 0.272. The van der Waals surface area contributed by atoms with Gasteiger partial charge in [-0.1, -0.05) is 67.0 Å². The molecule has 4 rings (SSSR count). The maximum Gasteiger partial charge on any atom is 0.192 e. The fourth-order valence-corrected chi connectivity index (χ4v) is 10.8. The van der Waals surface area contributed by atoms with E-state index in [2.05, 4.69) is 87.7 Å². The minimum absolute atomic E-state index is 0.291. The van der Waals surface area contributed by atoms with Gasteiger partial charge in [-0.05, 0) is 116 Å². The van der Waals surface area contributed by atoms with Crippen LogP contribution in [0.1, 0.15) is 107 Å². The molecule has 7 unspecified atom stereocenters. The lowest BCUT2D eigenvalue weighted by Crippen LogP contribution is -2.54. The van der Waals surface area contributed by atoms with Crippen LogP contribution in [0.2, 0.25) is 36.3 Å². The SMILES string of the molecule is CC12CCC(O[Si](C)(C)C(C)(C)C)CC1=CCC1C2CCC2(C)C(O[Si](C)(C)C(C)(C)C)CCC12. The molecule has 3 saturated carbocycles. The van der Waals surface area contributed by atoms with Crippen LogP contribution in [0.15, 0.2) is 11.6 Å². The van der Waals surface area contributed by atoms with Crippen LogP contribution >= 0.6 is 0 Å². The largest absolute Gasteiger partial charge is 0.414 e. The third-order valence-electron chi connectivity index (χ3n) is 12.5. The van der Waals surface area contributed by atoms with E-state index in [9.17, 15) is 0 Å². The Kier molecular flexibility index (Phi) is 7.08. The number of fused-ring (bicyclic) bond motifs is 5. The number of hydrogen-bond donors (Lipinski definition) is 0. The van der Waals surface area contributed by atoms with Gasteiger partial charge in [0.05, 0.1) is 6.10 Å². The Morgan fingerprint density at radius 3 is 1.97 bits per heavy atom. The number of hydrogen-bond acceptors (Lipinski definition) is 2. The highest BCUT2D eigenvalue weighted by Gasteiger charge is 2.60. The van der Waals surface area contributed by atoms with Crippen molar-refractivity contribution in [3.05, 3.63) is 11.6 Å². The van der Waals surface area contributed by atoms with Gasteiger partial charge in [0.15, 0.2) is 16.6 Å². The molecule has 7 atom stereocenters. The summed E-state index contributed by atoms with van der Waals surface area (Å²) in [5.74, 6) is 2.56. The summed E-state index contributed by atoms with van der Waals surface area (Å²) < 4.78 is 14.1. The second-order valence-electron chi connectivity index (χ2n) is 16.5.